The summed E-state index contributed by atoms with van der Waals surface area (Å²) in [6, 6.07) is 0. The Kier molecular flexibility index (Phi) is 4.29. The molecule has 94 valence electrons. The van der Waals surface area contributed by atoms with Gasteiger partial charge >= 0.3 is 0 Å². The predicted molar refractivity (Wildman–Crippen MR) is 69.0 cm³/mol. The fourth-order valence-electron chi connectivity index (χ4n) is 2.42. The number of hydrogen-bond acceptors (Lipinski definition) is 4. The molecule has 0 aliphatic heterocycles. The number of hydrogen-bond donors (Lipinski definition) is 1. The van der Waals surface area contributed by atoms with Gasteiger partial charge in [-0.1, -0.05) is 25.7 Å². The van der Waals surface area contributed by atoms with E-state index in [1.165, 1.54) is 38.5 Å². The van der Waals surface area contributed by atoms with Crippen LogP contribution >= 0.6 is 0 Å². The molecule has 1 fully saturated rings. The van der Waals surface area contributed by atoms with Gasteiger partial charge in [0.25, 0.3) is 0 Å². The number of aryl methyl sites for hydroxylation is 2. The highest BCUT2D eigenvalue weighted by atomic mass is 15.2. The Morgan fingerprint density at radius 3 is 2.59 bits per heavy atom. The van der Waals surface area contributed by atoms with Gasteiger partial charge in [0.05, 0.1) is 11.4 Å². The number of rotatable bonds is 5. The zero-order chi connectivity index (χ0) is 12.1. The molecule has 0 amide bonds. The van der Waals surface area contributed by atoms with E-state index >= 15 is 0 Å². The molecule has 1 N–H and O–H groups in total. The highest BCUT2D eigenvalue weighted by Gasteiger charge is 2.13. The van der Waals surface area contributed by atoms with Crippen molar-refractivity contribution < 1.29 is 0 Å². The topological polar surface area (TPSA) is 50.7 Å². The minimum atomic E-state index is 0.666. The first-order chi connectivity index (χ1) is 8.25. The maximum atomic E-state index is 4.36. The molecule has 1 aliphatic carbocycles. The lowest BCUT2D eigenvalue weighted by Gasteiger charge is -2.09. The van der Waals surface area contributed by atoms with Crippen LogP contribution in [-0.4, -0.2) is 21.7 Å². The van der Waals surface area contributed by atoms with Gasteiger partial charge in [-0.3, -0.25) is 0 Å². The van der Waals surface area contributed by atoms with E-state index in [1.54, 1.807) is 0 Å². The zero-order valence-corrected chi connectivity index (χ0v) is 10.9. The van der Waals surface area contributed by atoms with E-state index < -0.39 is 0 Å². The lowest BCUT2D eigenvalue weighted by molar-refractivity contribution is 0.491. The smallest absolute Gasteiger partial charge is 0.242 e. The second-order valence-electron chi connectivity index (χ2n) is 5.03. The van der Waals surface area contributed by atoms with Gasteiger partial charge in [-0.25, -0.2) is 4.98 Å². The molecule has 0 aromatic carbocycles. The quantitative estimate of drug-likeness (QED) is 0.796. The Morgan fingerprint density at radius 2 is 1.88 bits per heavy atom. The predicted octanol–water partition coefficient (Wildman–Crippen LogP) is 2.87. The summed E-state index contributed by atoms with van der Waals surface area (Å²) in [7, 11) is 0. The Bertz CT molecular complexity index is 358. The van der Waals surface area contributed by atoms with Gasteiger partial charge in [-0.2, -0.15) is 5.10 Å². The summed E-state index contributed by atoms with van der Waals surface area (Å²) in [6.45, 7) is 4.85. The van der Waals surface area contributed by atoms with Crippen LogP contribution in [-0.2, 0) is 0 Å². The first-order valence-corrected chi connectivity index (χ1v) is 6.67. The average molecular weight is 234 g/mol. The number of nitrogens with one attached hydrogen (secondary N) is 1. The molecule has 4 nitrogen and oxygen atoms in total. The summed E-state index contributed by atoms with van der Waals surface area (Å²) >= 11 is 0. The van der Waals surface area contributed by atoms with Gasteiger partial charge in [0.15, 0.2) is 0 Å². The minimum absolute atomic E-state index is 0.666. The van der Waals surface area contributed by atoms with Crippen molar-refractivity contribution in [1.29, 1.82) is 0 Å². The van der Waals surface area contributed by atoms with Gasteiger partial charge < -0.3 is 5.32 Å². The van der Waals surface area contributed by atoms with Crippen molar-refractivity contribution in [1.82, 2.24) is 15.2 Å². The zero-order valence-electron chi connectivity index (χ0n) is 10.9. The van der Waals surface area contributed by atoms with E-state index in [0.29, 0.717) is 5.95 Å². The Labute approximate surface area is 103 Å². The molecule has 4 heteroatoms. The number of nitrogens with zero attached hydrogens (tertiary/aromatic N) is 3. The summed E-state index contributed by atoms with van der Waals surface area (Å²) in [5, 5.41) is 11.3. The molecule has 2 rings (SSSR count). The normalized spacial score (nSPS) is 16.4. The summed E-state index contributed by atoms with van der Waals surface area (Å²) in [4.78, 5) is 4.36. The molecule has 0 bridgehead atoms. The van der Waals surface area contributed by atoms with E-state index in [-0.39, 0.29) is 0 Å². The standard InChI is InChI=1S/C13H22N4/c1-10-11(2)16-17-13(15-10)14-9-5-8-12-6-3-4-7-12/h12H,3-9H2,1-2H3,(H,14,15,17). The third-order valence-corrected chi connectivity index (χ3v) is 3.64. The molecule has 0 saturated heterocycles. The van der Waals surface area contributed by atoms with Gasteiger partial charge in [-0.05, 0) is 32.6 Å². The minimum Gasteiger partial charge on any atom is -0.353 e. The van der Waals surface area contributed by atoms with Crippen LogP contribution in [0.15, 0.2) is 0 Å². The monoisotopic (exact) mass is 234 g/mol. The second kappa shape index (κ2) is 5.94. The molecule has 1 heterocycles. The Morgan fingerprint density at radius 1 is 1.12 bits per heavy atom. The van der Waals surface area contributed by atoms with Crippen molar-refractivity contribution in [3.63, 3.8) is 0 Å². The van der Waals surface area contributed by atoms with Crippen LogP contribution in [0.2, 0.25) is 0 Å². The van der Waals surface area contributed by atoms with Crippen LogP contribution in [0.3, 0.4) is 0 Å². The molecule has 0 radical (unpaired) electrons. The second-order valence-corrected chi connectivity index (χ2v) is 5.03. The van der Waals surface area contributed by atoms with Crippen LogP contribution in [0, 0.1) is 19.8 Å². The molecule has 0 spiro atoms. The number of aromatic nitrogens is 3. The maximum absolute atomic E-state index is 4.36. The molecule has 1 aromatic heterocycles. The summed E-state index contributed by atoms with van der Waals surface area (Å²) in [5.74, 6) is 1.63. The van der Waals surface area contributed by atoms with E-state index in [9.17, 15) is 0 Å². The van der Waals surface area contributed by atoms with Gasteiger partial charge in [0.1, 0.15) is 0 Å². The highest BCUT2D eigenvalue weighted by Crippen LogP contribution is 2.28. The van der Waals surface area contributed by atoms with Crippen molar-refractivity contribution in [2.24, 2.45) is 5.92 Å². The Hall–Kier alpha value is -1.19. The largest absolute Gasteiger partial charge is 0.353 e. The van der Waals surface area contributed by atoms with E-state index in [0.717, 1.165) is 23.9 Å². The molecule has 1 aliphatic rings. The first-order valence-electron chi connectivity index (χ1n) is 6.67. The third kappa shape index (κ3) is 3.65. The van der Waals surface area contributed by atoms with Gasteiger partial charge in [0, 0.05) is 6.54 Å². The highest BCUT2D eigenvalue weighted by molar-refractivity contribution is 5.24. The Balaban J connectivity index is 1.68. The molecule has 0 unspecified atom stereocenters. The average Bonchev–Trinajstić information content (AvgIpc) is 2.82. The van der Waals surface area contributed by atoms with Crippen molar-refractivity contribution in [3.8, 4) is 0 Å². The number of anilines is 1. The lowest BCUT2D eigenvalue weighted by atomic mass is 10.0. The third-order valence-electron chi connectivity index (χ3n) is 3.64. The van der Waals surface area contributed by atoms with Crippen LogP contribution < -0.4 is 5.32 Å². The summed E-state index contributed by atoms with van der Waals surface area (Å²) in [6.07, 6.45) is 8.28. The van der Waals surface area contributed by atoms with E-state index in [2.05, 4.69) is 20.5 Å². The van der Waals surface area contributed by atoms with Crippen molar-refractivity contribution in [2.75, 3.05) is 11.9 Å². The van der Waals surface area contributed by atoms with E-state index in [4.69, 9.17) is 0 Å². The fourth-order valence-corrected chi connectivity index (χ4v) is 2.42. The van der Waals surface area contributed by atoms with Crippen LogP contribution in [0.5, 0.6) is 0 Å². The molecule has 1 saturated carbocycles. The van der Waals surface area contributed by atoms with Crippen LogP contribution in [0.4, 0.5) is 5.95 Å². The van der Waals surface area contributed by atoms with Crippen LogP contribution in [0.1, 0.15) is 49.9 Å². The molecule has 0 atom stereocenters. The summed E-state index contributed by atoms with van der Waals surface area (Å²) < 4.78 is 0. The SMILES string of the molecule is Cc1nnc(NCCCC2CCCC2)nc1C. The fraction of sp³-hybridized carbons (Fsp3) is 0.769. The lowest BCUT2D eigenvalue weighted by Crippen LogP contribution is -2.09. The molecular formula is C13H22N4. The maximum Gasteiger partial charge on any atom is 0.242 e. The molecular weight excluding hydrogens is 212 g/mol. The van der Waals surface area contributed by atoms with Crippen LogP contribution in [0.25, 0.3) is 0 Å². The van der Waals surface area contributed by atoms with Gasteiger partial charge in [-0.15, -0.1) is 5.10 Å². The molecule has 1 aromatic rings. The van der Waals surface area contributed by atoms with E-state index in [1.807, 2.05) is 13.8 Å². The molecule has 17 heavy (non-hydrogen) atoms. The van der Waals surface area contributed by atoms with Crippen molar-refractivity contribution in [3.05, 3.63) is 11.4 Å². The van der Waals surface area contributed by atoms with Crippen molar-refractivity contribution in [2.45, 2.75) is 52.4 Å². The van der Waals surface area contributed by atoms with Gasteiger partial charge in [0.2, 0.25) is 5.95 Å². The summed E-state index contributed by atoms with van der Waals surface area (Å²) in [5.41, 5.74) is 1.86. The van der Waals surface area contributed by atoms with Crippen molar-refractivity contribution >= 4 is 5.95 Å². The first kappa shape index (κ1) is 12.3.